The number of pyridine rings is 1. The molecule has 16 heavy (non-hydrogen) atoms. The van der Waals surface area contributed by atoms with E-state index < -0.39 is 5.91 Å². The first-order chi connectivity index (χ1) is 7.66. The van der Waals surface area contributed by atoms with Crippen molar-refractivity contribution >= 4 is 17.6 Å². The third-order valence-electron chi connectivity index (χ3n) is 1.80. The molecule has 0 saturated heterocycles. The maximum absolute atomic E-state index is 11.7. The van der Waals surface area contributed by atoms with Crippen LogP contribution < -0.4 is 11.1 Å². The van der Waals surface area contributed by atoms with Crippen molar-refractivity contribution in [1.29, 1.82) is 0 Å². The highest BCUT2D eigenvalue weighted by Crippen LogP contribution is 2.10. The first kappa shape index (κ1) is 10.1. The van der Waals surface area contributed by atoms with E-state index in [0.29, 0.717) is 5.82 Å². The van der Waals surface area contributed by atoms with E-state index in [1.165, 1.54) is 6.20 Å². The van der Waals surface area contributed by atoms with Gasteiger partial charge >= 0.3 is 6.01 Å². The van der Waals surface area contributed by atoms with Crippen LogP contribution in [0.5, 0.6) is 0 Å². The predicted molar refractivity (Wildman–Crippen MR) is 55.6 cm³/mol. The van der Waals surface area contributed by atoms with Crippen LogP contribution in [0.25, 0.3) is 0 Å². The molecule has 82 valence electrons. The molecule has 0 spiro atoms. The third-order valence-corrected chi connectivity index (χ3v) is 1.80. The van der Waals surface area contributed by atoms with E-state index in [1.54, 1.807) is 19.1 Å². The van der Waals surface area contributed by atoms with Crippen LogP contribution in [-0.4, -0.2) is 21.0 Å². The van der Waals surface area contributed by atoms with E-state index in [9.17, 15) is 4.79 Å². The van der Waals surface area contributed by atoms with Crippen molar-refractivity contribution in [2.45, 2.75) is 6.92 Å². The molecule has 2 heterocycles. The number of hydrogen-bond acceptors (Lipinski definition) is 6. The van der Waals surface area contributed by atoms with E-state index in [1.807, 2.05) is 0 Å². The number of nitrogen functional groups attached to an aromatic ring is 1. The number of anilines is 2. The minimum atomic E-state index is -0.484. The fourth-order valence-electron chi connectivity index (χ4n) is 1.11. The molecule has 7 heteroatoms. The van der Waals surface area contributed by atoms with E-state index in [4.69, 9.17) is 10.3 Å². The van der Waals surface area contributed by atoms with Crippen LogP contribution in [0, 0.1) is 6.92 Å². The van der Waals surface area contributed by atoms with Crippen LogP contribution in [0.4, 0.5) is 11.7 Å². The lowest BCUT2D eigenvalue weighted by atomic mass is 10.3. The molecule has 2 aromatic heterocycles. The van der Waals surface area contributed by atoms with E-state index in [2.05, 4.69) is 20.4 Å². The Bertz CT molecular complexity index is 522. The lowest BCUT2D eigenvalue weighted by Crippen LogP contribution is -2.15. The number of nitrogens with two attached hydrogens (primary N) is 1. The Balaban J connectivity index is 2.18. The summed E-state index contributed by atoms with van der Waals surface area (Å²) in [5, 5.41) is 5.93. The standard InChI is InChI=1S/C9H9N5O2/c1-5-12-9(16-14-5)13-8(15)7-6(10)3-2-4-11-7/h2-4H,10H2,1H3,(H,12,13,14,15). The molecule has 0 saturated carbocycles. The first-order valence-corrected chi connectivity index (χ1v) is 4.49. The van der Waals surface area contributed by atoms with Crippen LogP contribution in [0.15, 0.2) is 22.9 Å². The Hall–Kier alpha value is -2.44. The van der Waals surface area contributed by atoms with Crippen molar-refractivity contribution in [3.05, 3.63) is 29.8 Å². The number of carbonyl (C=O) groups is 1. The largest absolute Gasteiger partial charge is 0.397 e. The van der Waals surface area contributed by atoms with E-state index in [0.717, 1.165) is 0 Å². The molecule has 0 aromatic carbocycles. The molecule has 7 nitrogen and oxygen atoms in total. The topological polar surface area (TPSA) is 107 Å². The summed E-state index contributed by atoms with van der Waals surface area (Å²) in [4.78, 5) is 19.3. The molecule has 0 fully saturated rings. The van der Waals surface area contributed by atoms with Crippen molar-refractivity contribution in [3.63, 3.8) is 0 Å². The van der Waals surface area contributed by atoms with Gasteiger partial charge in [0.15, 0.2) is 11.5 Å². The average molecular weight is 219 g/mol. The van der Waals surface area contributed by atoms with Crippen LogP contribution in [0.1, 0.15) is 16.3 Å². The van der Waals surface area contributed by atoms with Crippen molar-refractivity contribution in [1.82, 2.24) is 15.1 Å². The van der Waals surface area contributed by atoms with Crippen LogP contribution in [0.2, 0.25) is 0 Å². The zero-order valence-electron chi connectivity index (χ0n) is 8.47. The van der Waals surface area contributed by atoms with Gasteiger partial charge in [0.2, 0.25) is 0 Å². The zero-order valence-corrected chi connectivity index (χ0v) is 8.47. The van der Waals surface area contributed by atoms with Gasteiger partial charge in [-0.25, -0.2) is 4.98 Å². The number of rotatable bonds is 2. The van der Waals surface area contributed by atoms with Crippen molar-refractivity contribution in [3.8, 4) is 0 Å². The number of amides is 1. The van der Waals surface area contributed by atoms with Crippen molar-refractivity contribution in [2.24, 2.45) is 0 Å². The van der Waals surface area contributed by atoms with Gasteiger partial charge in [-0.3, -0.25) is 10.1 Å². The minimum absolute atomic E-state index is 0.0209. The van der Waals surface area contributed by atoms with Gasteiger partial charge in [0.05, 0.1) is 5.69 Å². The summed E-state index contributed by atoms with van der Waals surface area (Å²) in [6, 6.07) is 3.25. The van der Waals surface area contributed by atoms with Gasteiger partial charge in [-0.1, -0.05) is 5.16 Å². The Kier molecular flexibility index (Phi) is 2.50. The molecule has 0 unspecified atom stereocenters. The van der Waals surface area contributed by atoms with Crippen LogP contribution >= 0.6 is 0 Å². The molecule has 0 aliphatic carbocycles. The highest BCUT2D eigenvalue weighted by Gasteiger charge is 2.13. The quantitative estimate of drug-likeness (QED) is 0.766. The van der Waals surface area contributed by atoms with Gasteiger partial charge in [0.25, 0.3) is 5.91 Å². The second-order valence-corrected chi connectivity index (χ2v) is 3.04. The Morgan fingerprint density at radius 2 is 2.38 bits per heavy atom. The monoisotopic (exact) mass is 219 g/mol. The summed E-state index contributed by atoms with van der Waals surface area (Å²) in [6.07, 6.45) is 1.48. The van der Waals surface area contributed by atoms with Gasteiger partial charge in [-0.05, 0) is 19.1 Å². The molecule has 0 aliphatic rings. The van der Waals surface area contributed by atoms with E-state index >= 15 is 0 Å². The number of carbonyl (C=O) groups excluding carboxylic acids is 1. The summed E-state index contributed by atoms with van der Waals surface area (Å²) < 4.78 is 4.73. The highest BCUT2D eigenvalue weighted by atomic mass is 16.5. The highest BCUT2D eigenvalue weighted by molar-refractivity contribution is 6.05. The smallest absolute Gasteiger partial charge is 0.328 e. The molecule has 0 bridgehead atoms. The molecule has 0 aliphatic heterocycles. The van der Waals surface area contributed by atoms with Crippen LogP contribution in [-0.2, 0) is 0 Å². The normalized spacial score (nSPS) is 10.1. The summed E-state index contributed by atoms with van der Waals surface area (Å²) in [5.41, 5.74) is 6.00. The summed E-state index contributed by atoms with van der Waals surface area (Å²) in [5.74, 6) is -0.0500. The van der Waals surface area contributed by atoms with E-state index in [-0.39, 0.29) is 17.4 Å². The summed E-state index contributed by atoms with van der Waals surface area (Å²) in [7, 11) is 0. The molecule has 1 amide bonds. The summed E-state index contributed by atoms with van der Waals surface area (Å²) >= 11 is 0. The molecule has 0 atom stereocenters. The molecule has 3 N–H and O–H groups in total. The summed E-state index contributed by atoms with van der Waals surface area (Å²) in [6.45, 7) is 1.65. The second kappa shape index (κ2) is 3.97. The van der Waals surface area contributed by atoms with Crippen molar-refractivity contribution in [2.75, 3.05) is 11.1 Å². The lowest BCUT2D eigenvalue weighted by molar-refractivity contribution is 0.101. The molecular weight excluding hydrogens is 210 g/mol. The molecule has 2 rings (SSSR count). The first-order valence-electron chi connectivity index (χ1n) is 4.49. The van der Waals surface area contributed by atoms with Crippen LogP contribution in [0.3, 0.4) is 0 Å². The molecular formula is C9H9N5O2. The SMILES string of the molecule is Cc1noc(NC(=O)c2ncccc2N)n1. The van der Waals surface area contributed by atoms with Gasteiger partial charge < -0.3 is 10.3 Å². The number of hydrogen-bond donors (Lipinski definition) is 2. The average Bonchev–Trinajstić information content (AvgIpc) is 2.64. The second-order valence-electron chi connectivity index (χ2n) is 3.04. The number of nitrogens with one attached hydrogen (secondary N) is 1. The fourth-order valence-corrected chi connectivity index (χ4v) is 1.11. The molecule has 2 aromatic rings. The molecule has 0 radical (unpaired) electrons. The maximum Gasteiger partial charge on any atom is 0.328 e. The fraction of sp³-hybridized carbons (Fsp3) is 0.111. The third kappa shape index (κ3) is 1.97. The number of aromatic nitrogens is 3. The number of nitrogens with zero attached hydrogens (tertiary/aromatic N) is 3. The zero-order chi connectivity index (χ0) is 11.5. The number of aryl methyl sites for hydroxylation is 1. The predicted octanol–water partition coefficient (Wildman–Crippen LogP) is 0.608. The maximum atomic E-state index is 11.7. The lowest BCUT2D eigenvalue weighted by Gasteiger charge is -2.01. The van der Waals surface area contributed by atoms with Gasteiger partial charge in [0, 0.05) is 6.20 Å². The van der Waals surface area contributed by atoms with Crippen molar-refractivity contribution < 1.29 is 9.32 Å². The Labute approximate surface area is 90.7 Å². The Morgan fingerprint density at radius 1 is 1.56 bits per heavy atom. The van der Waals surface area contributed by atoms with Gasteiger partial charge in [0.1, 0.15) is 0 Å². The van der Waals surface area contributed by atoms with Gasteiger partial charge in [-0.2, -0.15) is 4.98 Å². The minimum Gasteiger partial charge on any atom is -0.397 e. The Morgan fingerprint density at radius 3 is 3.00 bits per heavy atom. The van der Waals surface area contributed by atoms with Gasteiger partial charge in [-0.15, -0.1) is 0 Å².